The van der Waals surface area contributed by atoms with Gasteiger partial charge in [0.15, 0.2) is 11.4 Å². The molecule has 8 heteroatoms. The maximum absolute atomic E-state index is 10.7. The summed E-state index contributed by atoms with van der Waals surface area (Å²) in [4.78, 5) is 14.4. The van der Waals surface area contributed by atoms with Gasteiger partial charge in [0.25, 0.3) is 5.69 Å². The standard InChI is InChI=1S/C9H7IN4O2S/c1-17-9(12-5-11)13-6-2-3-7(10)8(4-6)14(15)16/h2-4H,1H3,(H,12,13). The number of amidine groups is 1. The highest BCUT2D eigenvalue weighted by Crippen LogP contribution is 2.26. The smallest absolute Gasteiger partial charge is 0.271 e. The molecule has 0 spiro atoms. The van der Waals surface area contributed by atoms with Gasteiger partial charge < -0.3 is 0 Å². The number of nitro benzene ring substituents is 1. The van der Waals surface area contributed by atoms with Crippen LogP contribution in [0.3, 0.4) is 0 Å². The van der Waals surface area contributed by atoms with Gasteiger partial charge in [-0.3, -0.25) is 15.4 Å². The predicted octanol–water partition coefficient (Wildman–Crippen LogP) is 2.62. The van der Waals surface area contributed by atoms with Crippen LogP contribution in [0.4, 0.5) is 11.4 Å². The molecule has 1 rings (SSSR count). The van der Waals surface area contributed by atoms with Gasteiger partial charge in [-0.2, -0.15) is 5.26 Å². The summed E-state index contributed by atoms with van der Waals surface area (Å²) in [5, 5.41) is 22.0. The quantitative estimate of drug-likeness (QED) is 0.166. The molecule has 0 heterocycles. The van der Waals surface area contributed by atoms with E-state index in [2.05, 4.69) is 10.3 Å². The fraction of sp³-hybridized carbons (Fsp3) is 0.111. The third-order valence-corrected chi connectivity index (χ3v) is 3.21. The Balaban J connectivity index is 3.12. The molecule has 0 radical (unpaired) electrons. The van der Waals surface area contributed by atoms with Gasteiger partial charge in [-0.25, -0.2) is 4.99 Å². The molecule has 1 aromatic rings. The monoisotopic (exact) mass is 362 g/mol. The maximum atomic E-state index is 10.7. The molecule has 0 fully saturated rings. The van der Waals surface area contributed by atoms with Gasteiger partial charge in [-0.15, -0.1) is 0 Å². The van der Waals surface area contributed by atoms with Crippen molar-refractivity contribution in [2.75, 3.05) is 6.26 Å². The van der Waals surface area contributed by atoms with Crippen molar-refractivity contribution >= 4 is 50.9 Å². The Bertz CT molecular complexity index is 512. The average molecular weight is 362 g/mol. The van der Waals surface area contributed by atoms with Crippen molar-refractivity contribution in [2.45, 2.75) is 0 Å². The minimum atomic E-state index is -0.461. The summed E-state index contributed by atoms with van der Waals surface area (Å²) in [7, 11) is 0. The molecule has 88 valence electrons. The Morgan fingerprint density at radius 2 is 2.41 bits per heavy atom. The minimum absolute atomic E-state index is 0.00395. The van der Waals surface area contributed by atoms with Crippen LogP contribution in [0.15, 0.2) is 23.2 Å². The van der Waals surface area contributed by atoms with E-state index in [1.54, 1.807) is 24.6 Å². The van der Waals surface area contributed by atoms with Crippen molar-refractivity contribution in [2.24, 2.45) is 4.99 Å². The Morgan fingerprint density at radius 1 is 1.71 bits per heavy atom. The Labute approximate surface area is 115 Å². The maximum Gasteiger partial charge on any atom is 0.284 e. The Kier molecular flexibility index (Phi) is 5.17. The molecule has 1 aromatic carbocycles. The van der Waals surface area contributed by atoms with Crippen LogP contribution in [0.2, 0.25) is 0 Å². The second kappa shape index (κ2) is 6.41. The molecule has 0 aliphatic rings. The molecule has 17 heavy (non-hydrogen) atoms. The molecule has 0 aliphatic heterocycles. The minimum Gasteiger partial charge on any atom is -0.271 e. The zero-order valence-electron chi connectivity index (χ0n) is 8.68. The number of thioether (sulfide) groups is 1. The van der Waals surface area contributed by atoms with Crippen LogP contribution in [0, 0.1) is 25.1 Å². The largest absolute Gasteiger partial charge is 0.284 e. The molecule has 0 amide bonds. The first-order valence-corrected chi connectivity index (χ1v) is 6.60. The number of benzene rings is 1. The first-order chi connectivity index (χ1) is 8.08. The molecule has 0 atom stereocenters. The second-order valence-electron chi connectivity index (χ2n) is 2.75. The van der Waals surface area contributed by atoms with Gasteiger partial charge in [-0.1, -0.05) is 11.8 Å². The van der Waals surface area contributed by atoms with Crippen molar-refractivity contribution in [3.8, 4) is 6.19 Å². The zero-order valence-corrected chi connectivity index (χ0v) is 11.7. The SMILES string of the molecule is CSC(=Nc1ccc(I)c([N+](=O)[O-])c1)NC#N. The molecular formula is C9H7IN4O2S. The van der Waals surface area contributed by atoms with E-state index in [1.165, 1.54) is 17.8 Å². The number of hydrogen-bond donors (Lipinski definition) is 1. The van der Waals surface area contributed by atoms with E-state index in [1.807, 2.05) is 22.6 Å². The molecule has 0 bridgehead atoms. The predicted molar refractivity (Wildman–Crippen MR) is 75.2 cm³/mol. The van der Waals surface area contributed by atoms with Crippen LogP contribution < -0.4 is 5.32 Å². The van der Waals surface area contributed by atoms with Gasteiger partial charge in [0.1, 0.15) is 0 Å². The number of rotatable bonds is 2. The van der Waals surface area contributed by atoms with Crippen LogP contribution >= 0.6 is 34.4 Å². The number of nitrogens with zero attached hydrogens (tertiary/aromatic N) is 3. The summed E-state index contributed by atoms with van der Waals surface area (Å²) in [5.74, 6) is 0. The van der Waals surface area contributed by atoms with Crippen molar-refractivity contribution in [1.82, 2.24) is 5.32 Å². The van der Waals surface area contributed by atoms with Gasteiger partial charge in [0, 0.05) is 6.07 Å². The van der Waals surface area contributed by atoms with Crippen LogP contribution in [0.5, 0.6) is 0 Å². The first-order valence-electron chi connectivity index (χ1n) is 4.30. The normalized spacial score (nSPS) is 10.8. The number of nitro groups is 1. The van der Waals surface area contributed by atoms with E-state index in [4.69, 9.17) is 5.26 Å². The number of nitrogens with one attached hydrogen (secondary N) is 1. The Morgan fingerprint density at radius 3 is 2.94 bits per heavy atom. The van der Waals surface area contributed by atoms with Crippen LogP contribution in [-0.2, 0) is 0 Å². The lowest BCUT2D eigenvalue weighted by atomic mass is 10.3. The van der Waals surface area contributed by atoms with E-state index in [9.17, 15) is 10.1 Å². The highest BCUT2D eigenvalue weighted by Gasteiger charge is 2.12. The van der Waals surface area contributed by atoms with E-state index >= 15 is 0 Å². The third-order valence-electron chi connectivity index (χ3n) is 1.71. The van der Waals surface area contributed by atoms with Gasteiger partial charge in [0.05, 0.1) is 14.2 Å². The lowest BCUT2D eigenvalue weighted by Crippen LogP contribution is -2.12. The lowest BCUT2D eigenvalue weighted by Gasteiger charge is -2.00. The summed E-state index contributed by atoms with van der Waals surface area (Å²) in [6.07, 6.45) is 3.50. The van der Waals surface area contributed by atoms with E-state index in [0.717, 1.165) is 0 Å². The Hall–Kier alpha value is -1.34. The molecule has 0 aromatic heterocycles. The summed E-state index contributed by atoms with van der Waals surface area (Å²) < 4.78 is 0.547. The first kappa shape index (κ1) is 13.7. The van der Waals surface area contributed by atoms with E-state index in [-0.39, 0.29) is 5.69 Å². The van der Waals surface area contributed by atoms with E-state index in [0.29, 0.717) is 14.4 Å². The molecule has 1 N–H and O–H groups in total. The summed E-state index contributed by atoms with van der Waals surface area (Å²) in [5.41, 5.74) is 0.438. The molecule has 0 saturated carbocycles. The number of nitriles is 1. The van der Waals surface area contributed by atoms with E-state index < -0.39 is 4.92 Å². The van der Waals surface area contributed by atoms with Crippen molar-refractivity contribution in [3.63, 3.8) is 0 Å². The van der Waals surface area contributed by atoms with Crippen molar-refractivity contribution in [3.05, 3.63) is 31.9 Å². The van der Waals surface area contributed by atoms with Crippen molar-refractivity contribution in [1.29, 1.82) is 5.26 Å². The summed E-state index contributed by atoms with van der Waals surface area (Å²) >= 11 is 3.14. The molecule has 0 aliphatic carbocycles. The van der Waals surface area contributed by atoms with Crippen LogP contribution in [0.25, 0.3) is 0 Å². The van der Waals surface area contributed by atoms with Gasteiger partial charge >= 0.3 is 0 Å². The second-order valence-corrected chi connectivity index (χ2v) is 4.71. The third kappa shape index (κ3) is 3.86. The summed E-state index contributed by atoms with van der Waals surface area (Å²) in [6, 6.07) is 4.64. The highest BCUT2D eigenvalue weighted by atomic mass is 127. The van der Waals surface area contributed by atoms with Crippen molar-refractivity contribution < 1.29 is 4.92 Å². The molecule has 6 nitrogen and oxygen atoms in total. The highest BCUT2D eigenvalue weighted by molar-refractivity contribution is 14.1. The molecule has 0 unspecified atom stereocenters. The average Bonchev–Trinajstić information content (AvgIpc) is 2.30. The number of hydrogen-bond acceptors (Lipinski definition) is 5. The molecule has 0 saturated heterocycles. The lowest BCUT2D eigenvalue weighted by molar-refractivity contribution is -0.385. The number of halogens is 1. The zero-order chi connectivity index (χ0) is 12.8. The molecular weight excluding hydrogens is 355 g/mol. The van der Waals surface area contributed by atoms with Gasteiger partial charge in [0.2, 0.25) is 0 Å². The fourth-order valence-corrected chi connectivity index (χ4v) is 1.88. The fourth-order valence-electron chi connectivity index (χ4n) is 1.00. The number of aliphatic imine (C=N–C) groups is 1. The summed E-state index contributed by atoms with van der Waals surface area (Å²) in [6.45, 7) is 0. The van der Waals surface area contributed by atoms with Crippen LogP contribution in [0.1, 0.15) is 0 Å². The van der Waals surface area contributed by atoms with Crippen LogP contribution in [-0.4, -0.2) is 16.3 Å². The van der Waals surface area contributed by atoms with Gasteiger partial charge in [-0.05, 0) is 41.0 Å². The topological polar surface area (TPSA) is 91.3 Å².